The minimum Gasteiger partial charge on any atom is -0.419 e. The lowest BCUT2D eigenvalue weighted by Gasteiger charge is -2.24. The summed E-state index contributed by atoms with van der Waals surface area (Å²) in [7, 11) is 0. The fourth-order valence-corrected chi connectivity index (χ4v) is 3.58. The molecule has 1 saturated heterocycles. The van der Waals surface area contributed by atoms with Gasteiger partial charge in [0, 0.05) is 16.6 Å². The van der Waals surface area contributed by atoms with Gasteiger partial charge in [-0.2, -0.15) is 0 Å². The van der Waals surface area contributed by atoms with Crippen molar-refractivity contribution < 1.29 is 14.0 Å². The van der Waals surface area contributed by atoms with E-state index in [1.165, 1.54) is 4.90 Å². The van der Waals surface area contributed by atoms with E-state index in [2.05, 4.69) is 15.5 Å². The Balaban J connectivity index is 1.43. The zero-order valence-corrected chi connectivity index (χ0v) is 17.2. The van der Waals surface area contributed by atoms with Gasteiger partial charge in [-0.1, -0.05) is 25.4 Å². The van der Waals surface area contributed by atoms with E-state index in [9.17, 15) is 9.59 Å². The second-order valence-corrected chi connectivity index (χ2v) is 8.46. The van der Waals surface area contributed by atoms with Crippen LogP contribution in [0, 0.1) is 5.92 Å². The predicted molar refractivity (Wildman–Crippen MR) is 107 cm³/mol. The average molecular weight is 418 g/mol. The number of benzene rings is 1. The van der Waals surface area contributed by atoms with Gasteiger partial charge in [-0.15, -0.1) is 10.2 Å². The van der Waals surface area contributed by atoms with E-state index in [1.807, 2.05) is 30.9 Å². The van der Waals surface area contributed by atoms with E-state index in [4.69, 9.17) is 16.0 Å². The molecule has 8 nitrogen and oxygen atoms in total. The number of nitrogens with one attached hydrogen (secondary N) is 1. The number of carbonyl (C=O) groups is 2. The van der Waals surface area contributed by atoms with Crippen LogP contribution in [0.4, 0.5) is 4.79 Å². The molecule has 2 aromatic rings. The summed E-state index contributed by atoms with van der Waals surface area (Å²) >= 11 is 5.92. The van der Waals surface area contributed by atoms with Crippen LogP contribution < -0.4 is 5.32 Å². The normalized spacial score (nSPS) is 19.5. The fraction of sp³-hybridized carbons (Fsp3) is 0.500. The highest BCUT2D eigenvalue weighted by atomic mass is 35.5. The Morgan fingerprint density at radius 1 is 1.24 bits per heavy atom. The first-order chi connectivity index (χ1) is 13.9. The van der Waals surface area contributed by atoms with Crippen molar-refractivity contribution in [3.8, 4) is 11.5 Å². The predicted octanol–water partition coefficient (Wildman–Crippen LogP) is 3.28. The van der Waals surface area contributed by atoms with Crippen molar-refractivity contribution in [2.75, 3.05) is 6.67 Å². The van der Waals surface area contributed by atoms with Gasteiger partial charge >= 0.3 is 6.03 Å². The summed E-state index contributed by atoms with van der Waals surface area (Å²) in [6.07, 6.45) is 2.69. The monoisotopic (exact) mass is 417 g/mol. The maximum Gasteiger partial charge on any atom is 0.325 e. The Kier molecular flexibility index (Phi) is 5.56. The van der Waals surface area contributed by atoms with Crippen LogP contribution in [0.25, 0.3) is 11.5 Å². The first-order valence-corrected chi connectivity index (χ1v) is 10.2. The Hall–Kier alpha value is -2.45. The van der Waals surface area contributed by atoms with Crippen molar-refractivity contribution >= 4 is 23.5 Å². The van der Waals surface area contributed by atoms with Crippen LogP contribution in [0.5, 0.6) is 0 Å². The number of rotatable bonds is 8. The number of carbonyl (C=O) groups excluding carboxylic acids is 2. The van der Waals surface area contributed by atoms with Gasteiger partial charge in [0.15, 0.2) is 0 Å². The van der Waals surface area contributed by atoms with Crippen LogP contribution >= 0.6 is 11.6 Å². The molecule has 1 aromatic carbocycles. The minimum absolute atomic E-state index is 0.165. The molecule has 1 aliphatic heterocycles. The number of amides is 3. The van der Waals surface area contributed by atoms with E-state index < -0.39 is 6.04 Å². The Morgan fingerprint density at radius 3 is 2.62 bits per heavy atom. The van der Waals surface area contributed by atoms with E-state index in [-0.39, 0.29) is 18.6 Å². The highest BCUT2D eigenvalue weighted by Crippen LogP contribution is 2.30. The first kappa shape index (κ1) is 19.8. The van der Waals surface area contributed by atoms with Crippen molar-refractivity contribution in [3.05, 3.63) is 35.2 Å². The van der Waals surface area contributed by atoms with Crippen molar-refractivity contribution in [2.45, 2.75) is 51.7 Å². The smallest absolute Gasteiger partial charge is 0.325 e. The van der Waals surface area contributed by atoms with Gasteiger partial charge in [-0.05, 0) is 49.4 Å². The second kappa shape index (κ2) is 8.12. The molecule has 0 bridgehead atoms. The molecular weight excluding hydrogens is 394 g/mol. The topological polar surface area (TPSA) is 91.6 Å². The molecule has 2 heterocycles. The van der Waals surface area contributed by atoms with Crippen LogP contribution in [0.2, 0.25) is 5.02 Å². The van der Waals surface area contributed by atoms with Crippen LogP contribution in [0.15, 0.2) is 28.7 Å². The quantitative estimate of drug-likeness (QED) is 0.663. The van der Waals surface area contributed by atoms with E-state index >= 15 is 0 Å². The molecule has 154 valence electrons. The van der Waals surface area contributed by atoms with Crippen LogP contribution in [0.1, 0.15) is 39.0 Å². The molecule has 1 aliphatic carbocycles. The van der Waals surface area contributed by atoms with Crippen molar-refractivity contribution in [1.29, 1.82) is 0 Å². The molecule has 2 fully saturated rings. The summed E-state index contributed by atoms with van der Waals surface area (Å²) in [6.45, 7) is 4.68. The standard InChI is InChI=1S/C20H24ClN5O3/c1-12(2)9-16-19(27)26(20(28)22-16)11-25(15-7-8-15)10-17-23-24-18(29-17)13-3-5-14(21)6-4-13/h3-6,12,15-16H,7-11H2,1-2H3,(H,22,28)/t16-/m1/s1. The highest BCUT2D eigenvalue weighted by Gasteiger charge is 2.41. The summed E-state index contributed by atoms with van der Waals surface area (Å²) in [5, 5.41) is 11.7. The van der Waals surface area contributed by atoms with Gasteiger partial charge in [0.25, 0.3) is 5.91 Å². The molecule has 9 heteroatoms. The summed E-state index contributed by atoms with van der Waals surface area (Å²) < 4.78 is 5.80. The molecule has 1 atom stereocenters. The van der Waals surface area contributed by atoms with Gasteiger partial charge in [0.1, 0.15) is 6.04 Å². The zero-order valence-electron chi connectivity index (χ0n) is 16.5. The molecule has 0 unspecified atom stereocenters. The largest absolute Gasteiger partial charge is 0.419 e. The minimum atomic E-state index is -0.441. The summed E-state index contributed by atoms with van der Waals surface area (Å²) in [5.41, 5.74) is 0.789. The molecule has 29 heavy (non-hydrogen) atoms. The number of aromatic nitrogens is 2. The lowest BCUT2D eigenvalue weighted by atomic mass is 10.0. The zero-order chi connectivity index (χ0) is 20.5. The lowest BCUT2D eigenvalue weighted by molar-refractivity contribution is -0.129. The van der Waals surface area contributed by atoms with Gasteiger partial charge in [0.2, 0.25) is 11.8 Å². The molecule has 1 saturated carbocycles. The second-order valence-electron chi connectivity index (χ2n) is 8.03. The number of urea groups is 1. The third kappa shape index (κ3) is 4.59. The summed E-state index contributed by atoms with van der Waals surface area (Å²) in [5.74, 6) is 1.03. The van der Waals surface area contributed by atoms with Crippen LogP contribution in [0.3, 0.4) is 0 Å². The number of hydrogen-bond acceptors (Lipinski definition) is 6. The van der Waals surface area contributed by atoms with E-state index in [1.54, 1.807) is 12.1 Å². The molecule has 2 aliphatic rings. The number of nitrogens with zero attached hydrogens (tertiary/aromatic N) is 4. The maximum absolute atomic E-state index is 12.7. The van der Waals surface area contributed by atoms with Crippen molar-refractivity contribution in [1.82, 2.24) is 25.3 Å². The molecule has 0 radical (unpaired) electrons. The first-order valence-electron chi connectivity index (χ1n) is 9.85. The highest BCUT2D eigenvalue weighted by molar-refractivity contribution is 6.30. The van der Waals surface area contributed by atoms with E-state index in [0.29, 0.717) is 41.7 Å². The van der Waals surface area contributed by atoms with Gasteiger partial charge < -0.3 is 9.73 Å². The SMILES string of the molecule is CC(C)C[C@H]1NC(=O)N(CN(Cc2nnc(-c3ccc(Cl)cc3)o2)C2CC2)C1=O. The Bertz CT molecular complexity index is 894. The summed E-state index contributed by atoms with van der Waals surface area (Å²) in [6, 6.07) is 6.71. The maximum atomic E-state index is 12.7. The molecular formula is C20H24ClN5O3. The van der Waals surface area contributed by atoms with Crippen molar-refractivity contribution in [2.24, 2.45) is 5.92 Å². The van der Waals surface area contributed by atoms with Gasteiger partial charge in [-0.3, -0.25) is 9.69 Å². The lowest BCUT2D eigenvalue weighted by Crippen LogP contribution is -2.42. The molecule has 1 aromatic heterocycles. The third-order valence-electron chi connectivity index (χ3n) is 5.10. The number of imide groups is 1. The number of hydrogen-bond donors (Lipinski definition) is 1. The van der Waals surface area contributed by atoms with Crippen LogP contribution in [-0.2, 0) is 11.3 Å². The number of halogens is 1. The van der Waals surface area contributed by atoms with E-state index in [0.717, 1.165) is 18.4 Å². The fourth-order valence-electron chi connectivity index (χ4n) is 3.46. The van der Waals surface area contributed by atoms with Crippen LogP contribution in [-0.4, -0.2) is 50.7 Å². The third-order valence-corrected chi connectivity index (χ3v) is 5.35. The molecule has 1 N–H and O–H groups in total. The summed E-state index contributed by atoms with van der Waals surface area (Å²) in [4.78, 5) is 28.3. The molecule has 3 amide bonds. The molecule has 0 spiro atoms. The molecule has 4 rings (SSSR count). The Labute approximate surface area is 174 Å². The van der Waals surface area contributed by atoms with Crippen molar-refractivity contribution in [3.63, 3.8) is 0 Å². The average Bonchev–Trinajstić information content (AvgIpc) is 3.37. The Morgan fingerprint density at radius 2 is 1.97 bits per heavy atom. The van der Waals surface area contributed by atoms with Gasteiger partial charge in [0.05, 0.1) is 13.2 Å². The van der Waals surface area contributed by atoms with Gasteiger partial charge in [-0.25, -0.2) is 9.69 Å².